The van der Waals surface area contributed by atoms with Gasteiger partial charge in [-0.2, -0.15) is 12.6 Å². The fourth-order valence-electron chi connectivity index (χ4n) is 1.83. The highest BCUT2D eigenvalue weighted by Crippen LogP contribution is 2.04. The Bertz CT molecular complexity index is 471. The van der Waals surface area contributed by atoms with Gasteiger partial charge in [0.2, 0.25) is 11.8 Å². The van der Waals surface area contributed by atoms with E-state index in [0.29, 0.717) is 0 Å². The lowest BCUT2D eigenvalue weighted by Crippen LogP contribution is -2.53. The molecule has 3 atom stereocenters. The standard InChI is InChI=1S/C14H25N3O6S/c1-7(2)11(14(22)23)17-12(19)9(6-24)16-10(18)5-3-4-8(15)13(20)21/h7-9,11,24H,3-6,15H2,1-2H3,(H,16,18)(H,17,19)(H,20,21)(H,22,23)/t8?,9?,11-/m1/s1. The second-order valence-electron chi connectivity index (χ2n) is 5.71. The van der Waals surface area contributed by atoms with Gasteiger partial charge in [-0.05, 0) is 18.8 Å². The number of hydrogen-bond donors (Lipinski definition) is 6. The molecule has 0 fully saturated rings. The molecule has 6 N–H and O–H groups in total. The minimum atomic E-state index is -1.16. The molecular weight excluding hydrogens is 338 g/mol. The molecule has 0 bridgehead atoms. The summed E-state index contributed by atoms with van der Waals surface area (Å²) in [5.41, 5.74) is 5.33. The third-order valence-electron chi connectivity index (χ3n) is 3.30. The number of hydrogen-bond acceptors (Lipinski definition) is 6. The number of aliphatic carboxylic acids is 2. The summed E-state index contributed by atoms with van der Waals surface area (Å²) in [6.07, 6.45) is 0.393. The van der Waals surface area contributed by atoms with Gasteiger partial charge >= 0.3 is 11.9 Å². The van der Waals surface area contributed by atoms with Crippen molar-refractivity contribution in [3.8, 4) is 0 Å². The Balaban J connectivity index is 4.47. The molecule has 0 saturated heterocycles. The third kappa shape index (κ3) is 8.16. The van der Waals surface area contributed by atoms with E-state index < -0.39 is 41.9 Å². The molecule has 2 amide bonds. The van der Waals surface area contributed by atoms with Crippen molar-refractivity contribution < 1.29 is 29.4 Å². The highest BCUT2D eigenvalue weighted by atomic mass is 32.1. The Kier molecular flexibility index (Phi) is 10.0. The summed E-state index contributed by atoms with van der Waals surface area (Å²) in [5, 5.41) is 22.5. The van der Waals surface area contributed by atoms with E-state index in [1.54, 1.807) is 13.8 Å². The molecule has 0 rings (SSSR count). The first-order valence-corrected chi connectivity index (χ1v) is 8.15. The van der Waals surface area contributed by atoms with Crippen molar-refractivity contribution >= 4 is 36.4 Å². The summed E-state index contributed by atoms with van der Waals surface area (Å²) in [5.74, 6) is -3.72. The van der Waals surface area contributed by atoms with Gasteiger partial charge < -0.3 is 26.6 Å². The van der Waals surface area contributed by atoms with Crippen LogP contribution in [0.4, 0.5) is 0 Å². The maximum Gasteiger partial charge on any atom is 0.326 e. The van der Waals surface area contributed by atoms with E-state index in [1.165, 1.54) is 0 Å². The van der Waals surface area contributed by atoms with Crippen LogP contribution in [0.5, 0.6) is 0 Å². The van der Waals surface area contributed by atoms with Crippen molar-refractivity contribution in [1.29, 1.82) is 0 Å². The lowest BCUT2D eigenvalue weighted by atomic mass is 10.0. The van der Waals surface area contributed by atoms with Crippen LogP contribution >= 0.6 is 12.6 Å². The van der Waals surface area contributed by atoms with Gasteiger partial charge in [-0.3, -0.25) is 14.4 Å². The number of carboxylic acid groups (broad SMARTS) is 2. The second-order valence-corrected chi connectivity index (χ2v) is 6.07. The van der Waals surface area contributed by atoms with Crippen molar-refractivity contribution in [2.24, 2.45) is 11.7 Å². The number of carbonyl (C=O) groups excluding carboxylic acids is 2. The highest BCUT2D eigenvalue weighted by molar-refractivity contribution is 7.80. The van der Waals surface area contributed by atoms with E-state index in [0.717, 1.165) is 0 Å². The summed E-state index contributed by atoms with van der Waals surface area (Å²) in [6, 6.07) is -3.08. The van der Waals surface area contributed by atoms with E-state index in [-0.39, 0.29) is 30.9 Å². The number of nitrogens with two attached hydrogens (primary N) is 1. The van der Waals surface area contributed by atoms with Gasteiger partial charge in [0.1, 0.15) is 18.1 Å². The average molecular weight is 363 g/mol. The molecular formula is C14H25N3O6S. The Morgan fingerprint density at radius 2 is 1.67 bits per heavy atom. The van der Waals surface area contributed by atoms with E-state index in [1.807, 2.05) is 0 Å². The zero-order valence-corrected chi connectivity index (χ0v) is 14.6. The summed E-state index contributed by atoms with van der Waals surface area (Å²) < 4.78 is 0. The van der Waals surface area contributed by atoms with E-state index >= 15 is 0 Å². The normalized spacial score (nSPS) is 14.5. The molecule has 0 aliphatic rings. The lowest BCUT2D eigenvalue weighted by Gasteiger charge is -2.22. The molecule has 0 aliphatic carbocycles. The van der Waals surface area contributed by atoms with Crippen molar-refractivity contribution in [2.75, 3.05) is 5.75 Å². The van der Waals surface area contributed by atoms with Crippen LogP contribution in [0.25, 0.3) is 0 Å². The smallest absolute Gasteiger partial charge is 0.326 e. The number of thiol groups is 1. The van der Waals surface area contributed by atoms with Crippen LogP contribution in [0.1, 0.15) is 33.1 Å². The van der Waals surface area contributed by atoms with Crippen LogP contribution in [0.15, 0.2) is 0 Å². The summed E-state index contributed by atoms with van der Waals surface area (Å²) >= 11 is 3.99. The topological polar surface area (TPSA) is 159 Å². The van der Waals surface area contributed by atoms with Crippen molar-refractivity contribution in [1.82, 2.24) is 10.6 Å². The molecule has 9 nitrogen and oxygen atoms in total. The molecule has 0 aliphatic heterocycles. The quantitative estimate of drug-likeness (QED) is 0.262. The molecule has 138 valence electrons. The first-order chi connectivity index (χ1) is 11.1. The predicted molar refractivity (Wildman–Crippen MR) is 89.7 cm³/mol. The van der Waals surface area contributed by atoms with Gasteiger partial charge in [0, 0.05) is 12.2 Å². The fraction of sp³-hybridized carbons (Fsp3) is 0.714. The van der Waals surface area contributed by atoms with Crippen LogP contribution in [-0.2, 0) is 19.2 Å². The molecule has 24 heavy (non-hydrogen) atoms. The van der Waals surface area contributed by atoms with Crippen molar-refractivity contribution in [3.05, 3.63) is 0 Å². The summed E-state index contributed by atoms with van der Waals surface area (Å²) in [4.78, 5) is 45.5. The number of rotatable bonds is 11. The molecule has 0 aromatic rings. The number of amides is 2. The SMILES string of the molecule is CC(C)[C@@H](NC(=O)C(CS)NC(=O)CCCC(N)C(=O)O)C(=O)O. The minimum absolute atomic E-state index is 0.00333. The monoisotopic (exact) mass is 363 g/mol. The molecule has 10 heteroatoms. The van der Waals surface area contributed by atoms with Crippen LogP contribution < -0.4 is 16.4 Å². The maximum atomic E-state index is 12.1. The van der Waals surface area contributed by atoms with Crippen molar-refractivity contribution in [3.63, 3.8) is 0 Å². The highest BCUT2D eigenvalue weighted by Gasteiger charge is 2.27. The van der Waals surface area contributed by atoms with Gasteiger partial charge in [0.25, 0.3) is 0 Å². The lowest BCUT2D eigenvalue weighted by molar-refractivity contribution is -0.143. The predicted octanol–water partition coefficient (Wildman–Crippen LogP) is -0.791. The summed E-state index contributed by atoms with van der Waals surface area (Å²) in [6.45, 7) is 3.30. The molecule has 0 heterocycles. The van der Waals surface area contributed by atoms with Gasteiger partial charge in [-0.1, -0.05) is 13.8 Å². The second kappa shape index (κ2) is 10.9. The Hall–Kier alpha value is -1.81. The first kappa shape index (κ1) is 22.2. The van der Waals surface area contributed by atoms with E-state index in [4.69, 9.17) is 15.9 Å². The molecule has 0 saturated carbocycles. The van der Waals surface area contributed by atoms with Gasteiger partial charge in [-0.15, -0.1) is 0 Å². The minimum Gasteiger partial charge on any atom is -0.480 e. The van der Waals surface area contributed by atoms with E-state index in [2.05, 4.69) is 23.3 Å². The number of carboxylic acids is 2. The fourth-order valence-corrected chi connectivity index (χ4v) is 2.09. The first-order valence-electron chi connectivity index (χ1n) is 7.51. The largest absolute Gasteiger partial charge is 0.480 e. The Morgan fingerprint density at radius 3 is 2.08 bits per heavy atom. The Morgan fingerprint density at radius 1 is 1.08 bits per heavy atom. The zero-order valence-electron chi connectivity index (χ0n) is 13.7. The van der Waals surface area contributed by atoms with Crippen LogP contribution in [0, 0.1) is 5.92 Å². The zero-order chi connectivity index (χ0) is 18.9. The molecule has 0 aromatic carbocycles. The molecule has 2 unspecified atom stereocenters. The molecule has 0 radical (unpaired) electrons. The molecule has 0 spiro atoms. The van der Waals surface area contributed by atoms with Crippen molar-refractivity contribution in [2.45, 2.75) is 51.2 Å². The van der Waals surface area contributed by atoms with Gasteiger partial charge in [0.05, 0.1) is 0 Å². The van der Waals surface area contributed by atoms with Gasteiger partial charge in [0.15, 0.2) is 0 Å². The van der Waals surface area contributed by atoms with Gasteiger partial charge in [-0.25, -0.2) is 4.79 Å². The number of nitrogens with one attached hydrogen (secondary N) is 2. The van der Waals surface area contributed by atoms with Crippen LogP contribution in [0.3, 0.4) is 0 Å². The summed E-state index contributed by atoms with van der Waals surface area (Å²) in [7, 11) is 0. The van der Waals surface area contributed by atoms with Crippen LogP contribution in [0.2, 0.25) is 0 Å². The maximum absolute atomic E-state index is 12.1. The third-order valence-corrected chi connectivity index (χ3v) is 3.67. The Labute approximate surface area is 145 Å². The van der Waals surface area contributed by atoms with Crippen LogP contribution in [-0.4, -0.2) is 57.8 Å². The molecule has 0 aromatic heterocycles. The number of carbonyl (C=O) groups is 4. The van der Waals surface area contributed by atoms with E-state index in [9.17, 15) is 19.2 Å². The average Bonchev–Trinajstić information content (AvgIpc) is 2.48.